The van der Waals surface area contributed by atoms with Crippen LogP contribution in [0.2, 0.25) is 0 Å². The highest BCUT2D eigenvalue weighted by Gasteiger charge is 2.35. The highest BCUT2D eigenvalue weighted by Crippen LogP contribution is 2.35. The first-order chi connectivity index (χ1) is 9.71. The van der Waals surface area contributed by atoms with Crippen LogP contribution in [0.1, 0.15) is 31.4 Å². The van der Waals surface area contributed by atoms with Crippen LogP contribution in [0.15, 0.2) is 48.5 Å². The lowest BCUT2D eigenvalue weighted by molar-refractivity contribution is -0.0525. The summed E-state index contributed by atoms with van der Waals surface area (Å²) in [5.41, 5.74) is -1.67. The molecular formula is C17H18F2O2. The highest BCUT2D eigenvalue weighted by atomic mass is 19.1. The number of benzene rings is 2. The average molecular weight is 292 g/mol. The summed E-state index contributed by atoms with van der Waals surface area (Å²) in [6.45, 7) is 3.11. The van der Waals surface area contributed by atoms with Crippen molar-refractivity contribution in [1.29, 1.82) is 0 Å². The van der Waals surface area contributed by atoms with Gasteiger partial charge in [-0.2, -0.15) is 0 Å². The monoisotopic (exact) mass is 292 g/mol. The molecule has 0 heterocycles. The standard InChI is InChI=1S/C17H18F2O2/c1-16(20,12-3-7-14(18)8-4-12)11-17(2,21)13-5-9-15(19)10-6-13/h3-10,20-21H,11H2,1-2H3/t16-,17-/m0/s1. The van der Waals surface area contributed by atoms with Crippen molar-refractivity contribution in [2.75, 3.05) is 0 Å². The molecule has 2 N–H and O–H groups in total. The van der Waals surface area contributed by atoms with Crippen LogP contribution in [0.25, 0.3) is 0 Å². The molecule has 2 aromatic rings. The Bertz CT molecular complexity index is 546. The summed E-state index contributed by atoms with van der Waals surface area (Å²) in [5, 5.41) is 21.1. The largest absolute Gasteiger partial charge is 0.385 e. The summed E-state index contributed by atoms with van der Waals surface area (Å²) < 4.78 is 25.9. The molecule has 0 radical (unpaired) electrons. The zero-order valence-electron chi connectivity index (χ0n) is 12.0. The maximum atomic E-state index is 12.9. The number of aliphatic hydroxyl groups is 2. The van der Waals surface area contributed by atoms with Gasteiger partial charge in [-0.1, -0.05) is 24.3 Å². The Morgan fingerprint density at radius 2 is 1.00 bits per heavy atom. The fourth-order valence-corrected chi connectivity index (χ4v) is 2.49. The second-order valence-corrected chi connectivity index (χ2v) is 5.74. The van der Waals surface area contributed by atoms with E-state index < -0.39 is 11.2 Å². The predicted molar refractivity (Wildman–Crippen MR) is 76.6 cm³/mol. The lowest BCUT2D eigenvalue weighted by Crippen LogP contribution is -2.33. The first kappa shape index (κ1) is 15.6. The van der Waals surface area contributed by atoms with E-state index in [1.807, 2.05) is 0 Å². The normalized spacial score (nSPS) is 17.0. The van der Waals surface area contributed by atoms with Gasteiger partial charge in [-0.05, 0) is 49.2 Å². The Balaban J connectivity index is 2.25. The van der Waals surface area contributed by atoms with Crippen molar-refractivity contribution in [3.05, 3.63) is 71.3 Å². The minimum Gasteiger partial charge on any atom is -0.385 e. The van der Waals surface area contributed by atoms with Gasteiger partial charge in [-0.15, -0.1) is 0 Å². The van der Waals surface area contributed by atoms with Crippen LogP contribution in [0.5, 0.6) is 0 Å². The average Bonchev–Trinajstić information content (AvgIpc) is 2.38. The molecule has 0 spiro atoms. The minimum absolute atomic E-state index is 0.00271. The third kappa shape index (κ3) is 3.65. The molecule has 0 saturated heterocycles. The molecule has 2 atom stereocenters. The molecule has 2 aromatic carbocycles. The fourth-order valence-electron chi connectivity index (χ4n) is 2.49. The van der Waals surface area contributed by atoms with Gasteiger partial charge in [0.2, 0.25) is 0 Å². The lowest BCUT2D eigenvalue weighted by Gasteiger charge is -2.33. The van der Waals surface area contributed by atoms with Gasteiger partial charge >= 0.3 is 0 Å². The molecular weight excluding hydrogens is 274 g/mol. The van der Waals surface area contributed by atoms with Crippen molar-refractivity contribution in [2.24, 2.45) is 0 Å². The number of rotatable bonds is 4. The quantitative estimate of drug-likeness (QED) is 0.906. The van der Waals surface area contributed by atoms with Gasteiger partial charge in [-0.3, -0.25) is 0 Å². The van der Waals surface area contributed by atoms with Gasteiger partial charge in [0.1, 0.15) is 11.6 Å². The second kappa shape index (κ2) is 5.54. The van der Waals surface area contributed by atoms with E-state index in [-0.39, 0.29) is 18.1 Å². The third-order valence-electron chi connectivity index (χ3n) is 3.62. The molecule has 0 aliphatic carbocycles. The van der Waals surface area contributed by atoms with E-state index in [1.54, 1.807) is 13.8 Å². The number of hydrogen-bond donors (Lipinski definition) is 2. The molecule has 0 aliphatic heterocycles. The van der Waals surface area contributed by atoms with Gasteiger partial charge in [0.05, 0.1) is 11.2 Å². The Kier molecular flexibility index (Phi) is 4.12. The summed E-state index contributed by atoms with van der Waals surface area (Å²) in [7, 11) is 0. The zero-order valence-corrected chi connectivity index (χ0v) is 12.0. The molecule has 112 valence electrons. The van der Waals surface area contributed by atoms with Crippen LogP contribution in [-0.4, -0.2) is 10.2 Å². The fraction of sp³-hybridized carbons (Fsp3) is 0.294. The Morgan fingerprint density at radius 1 is 0.714 bits per heavy atom. The number of hydrogen-bond acceptors (Lipinski definition) is 2. The molecule has 0 fully saturated rings. The van der Waals surface area contributed by atoms with Crippen LogP contribution >= 0.6 is 0 Å². The molecule has 0 aliphatic rings. The van der Waals surface area contributed by atoms with Gasteiger partial charge in [0.15, 0.2) is 0 Å². The first-order valence-corrected chi connectivity index (χ1v) is 6.68. The van der Waals surface area contributed by atoms with E-state index in [0.717, 1.165) is 0 Å². The number of halogens is 2. The third-order valence-corrected chi connectivity index (χ3v) is 3.62. The van der Waals surface area contributed by atoms with Gasteiger partial charge in [0.25, 0.3) is 0 Å². The minimum atomic E-state index is -1.34. The van der Waals surface area contributed by atoms with Crippen molar-refractivity contribution in [1.82, 2.24) is 0 Å². The maximum absolute atomic E-state index is 12.9. The Labute approximate surface area is 122 Å². The zero-order chi connectivity index (χ0) is 15.7. The van der Waals surface area contributed by atoms with Crippen molar-refractivity contribution in [2.45, 2.75) is 31.5 Å². The van der Waals surface area contributed by atoms with Gasteiger partial charge in [0, 0.05) is 6.42 Å². The van der Waals surface area contributed by atoms with Crippen LogP contribution < -0.4 is 0 Å². The first-order valence-electron chi connectivity index (χ1n) is 6.68. The molecule has 4 heteroatoms. The van der Waals surface area contributed by atoms with Crippen molar-refractivity contribution >= 4 is 0 Å². The Hall–Kier alpha value is -1.78. The van der Waals surface area contributed by atoms with E-state index in [2.05, 4.69) is 0 Å². The molecule has 0 saturated carbocycles. The summed E-state index contributed by atoms with van der Waals surface area (Å²) in [6.07, 6.45) is -0.00271. The predicted octanol–water partition coefficient (Wildman–Crippen LogP) is 3.47. The Morgan fingerprint density at radius 3 is 1.29 bits per heavy atom. The molecule has 0 bridgehead atoms. The van der Waals surface area contributed by atoms with E-state index in [1.165, 1.54) is 48.5 Å². The smallest absolute Gasteiger partial charge is 0.123 e. The SMILES string of the molecule is C[C@](O)(C[C@](C)(O)c1ccc(F)cc1)c1ccc(F)cc1. The van der Waals surface area contributed by atoms with Crippen LogP contribution in [0.3, 0.4) is 0 Å². The molecule has 21 heavy (non-hydrogen) atoms. The van der Waals surface area contributed by atoms with Crippen LogP contribution in [-0.2, 0) is 11.2 Å². The summed E-state index contributed by atoms with van der Waals surface area (Å²) in [6, 6.07) is 11.0. The maximum Gasteiger partial charge on any atom is 0.123 e. The van der Waals surface area contributed by atoms with Crippen LogP contribution in [0, 0.1) is 11.6 Å². The second-order valence-electron chi connectivity index (χ2n) is 5.74. The highest BCUT2D eigenvalue weighted by molar-refractivity contribution is 5.27. The van der Waals surface area contributed by atoms with Crippen molar-refractivity contribution in [3.8, 4) is 0 Å². The van der Waals surface area contributed by atoms with E-state index >= 15 is 0 Å². The van der Waals surface area contributed by atoms with E-state index in [4.69, 9.17) is 0 Å². The molecule has 0 amide bonds. The molecule has 0 unspecified atom stereocenters. The summed E-state index contributed by atoms with van der Waals surface area (Å²) in [5.74, 6) is -0.778. The summed E-state index contributed by atoms with van der Waals surface area (Å²) in [4.78, 5) is 0. The van der Waals surface area contributed by atoms with Gasteiger partial charge < -0.3 is 10.2 Å². The topological polar surface area (TPSA) is 40.5 Å². The van der Waals surface area contributed by atoms with Crippen LogP contribution in [0.4, 0.5) is 8.78 Å². The van der Waals surface area contributed by atoms with E-state index in [0.29, 0.717) is 11.1 Å². The van der Waals surface area contributed by atoms with Crippen molar-refractivity contribution < 1.29 is 19.0 Å². The lowest BCUT2D eigenvalue weighted by atomic mass is 9.81. The molecule has 2 nitrogen and oxygen atoms in total. The molecule has 0 aromatic heterocycles. The van der Waals surface area contributed by atoms with Gasteiger partial charge in [-0.25, -0.2) is 8.78 Å². The van der Waals surface area contributed by atoms with E-state index in [9.17, 15) is 19.0 Å². The molecule has 2 rings (SSSR count). The van der Waals surface area contributed by atoms with Crippen molar-refractivity contribution in [3.63, 3.8) is 0 Å². The summed E-state index contributed by atoms with van der Waals surface area (Å²) >= 11 is 0.